The summed E-state index contributed by atoms with van der Waals surface area (Å²) in [6.45, 7) is 3.62. The summed E-state index contributed by atoms with van der Waals surface area (Å²) in [7, 11) is 0. The van der Waals surface area contributed by atoms with Gasteiger partial charge in [-0.05, 0) is 56.5 Å². The molecule has 1 fully saturated rings. The number of imide groups is 1. The molecule has 0 saturated carbocycles. The van der Waals surface area contributed by atoms with Gasteiger partial charge in [0.1, 0.15) is 11.3 Å². The van der Waals surface area contributed by atoms with E-state index in [0.717, 1.165) is 11.1 Å². The molecule has 0 aliphatic carbocycles. The first-order valence-corrected chi connectivity index (χ1v) is 8.37. The van der Waals surface area contributed by atoms with Crippen LogP contribution in [0.3, 0.4) is 0 Å². The molecule has 6 nitrogen and oxygen atoms in total. The van der Waals surface area contributed by atoms with Crippen LogP contribution in [0, 0.1) is 6.92 Å². The van der Waals surface area contributed by atoms with E-state index in [0.29, 0.717) is 24.2 Å². The Morgan fingerprint density at radius 1 is 1.12 bits per heavy atom. The Morgan fingerprint density at radius 3 is 2.46 bits per heavy atom. The van der Waals surface area contributed by atoms with Gasteiger partial charge >= 0.3 is 12.0 Å². The third kappa shape index (κ3) is 3.91. The third-order valence-corrected chi connectivity index (χ3v) is 4.42. The van der Waals surface area contributed by atoms with Crippen LogP contribution < -0.4 is 15.4 Å². The zero-order chi connectivity index (χ0) is 18.7. The zero-order valence-corrected chi connectivity index (χ0v) is 14.7. The van der Waals surface area contributed by atoms with Crippen molar-refractivity contribution in [1.82, 2.24) is 10.6 Å². The lowest BCUT2D eigenvalue weighted by molar-refractivity contribution is -0.123. The van der Waals surface area contributed by atoms with E-state index >= 15 is 0 Å². The Labute approximate surface area is 151 Å². The number of carbonyl (C=O) groups is 3. The highest BCUT2D eigenvalue weighted by molar-refractivity contribution is 6.06. The fourth-order valence-corrected chi connectivity index (χ4v) is 2.81. The van der Waals surface area contributed by atoms with Crippen molar-refractivity contribution >= 4 is 17.9 Å². The normalized spacial score (nSPS) is 19.0. The van der Waals surface area contributed by atoms with Gasteiger partial charge in [0.05, 0.1) is 5.56 Å². The van der Waals surface area contributed by atoms with Crippen molar-refractivity contribution in [2.24, 2.45) is 0 Å². The first kappa shape index (κ1) is 17.7. The van der Waals surface area contributed by atoms with Gasteiger partial charge in [0, 0.05) is 0 Å². The van der Waals surface area contributed by atoms with Crippen LogP contribution in [0.2, 0.25) is 0 Å². The predicted molar refractivity (Wildman–Crippen MR) is 96.0 cm³/mol. The Kier molecular flexibility index (Phi) is 4.75. The van der Waals surface area contributed by atoms with E-state index in [2.05, 4.69) is 10.6 Å². The second-order valence-corrected chi connectivity index (χ2v) is 6.64. The molecule has 1 atom stereocenters. The molecule has 2 N–H and O–H groups in total. The van der Waals surface area contributed by atoms with Gasteiger partial charge in [0.15, 0.2) is 0 Å². The number of aryl methyl sites for hydroxylation is 2. The Bertz CT molecular complexity index is 860. The summed E-state index contributed by atoms with van der Waals surface area (Å²) >= 11 is 0. The number of benzene rings is 2. The van der Waals surface area contributed by atoms with Crippen molar-refractivity contribution in [1.29, 1.82) is 0 Å². The fourth-order valence-electron chi connectivity index (χ4n) is 2.81. The van der Waals surface area contributed by atoms with Crippen LogP contribution in [0.1, 0.15) is 34.8 Å². The number of amides is 3. The van der Waals surface area contributed by atoms with E-state index in [1.807, 2.05) is 31.2 Å². The lowest BCUT2D eigenvalue weighted by atomic mass is 9.93. The number of nitrogens with one attached hydrogen (secondary N) is 2. The largest absolute Gasteiger partial charge is 0.423 e. The number of urea groups is 1. The molecule has 3 rings (SSSR count). The molecule has 2 aromatic carbocycles. The summed E-state index contributed by atoms with van der Waals surface area (Å²) in [5.41, 5.74) is 1.58. The molecule has 3 amide bonds. The van der Waals surface area contributed by atoms with E-state index < -0.39 is 17.5 Å². The minimum atomic E-state index is -0.895. The van der Waals surface area contributed by atoms with Gasteiger partial charge in [0.25, 0.3) is 5.91 Å². The molecule has 0 spiro atoms. The lowest BCUT2D eigenvalue weighted by Gasteiger charge is -2.20. The Morgan fingerprint density at radius 2 is 1.85 bits per heavy atom. The highest BCUT2D eigenvalue weighted by Gasteiger charge is 2.41. The van der Waals surface area contributed by atoms with Gasteiger partial charge in [-0.2, -0.15) is 0 Å². The Hall–Kier alpha value is -3.15. The SMILES string of the molecule is Cc1cccc(C(=O)Oc2ccc(CC[C@]3(C)NC(=O)NC3=O)cc2)c1. The van der Waals surface area contributed by atoms with Crippen molar-refractivity contribution in [2.75, 3.05) is 0 Å². The zero-order valence-electron chi connectivity index (χ0n) is 14.7. The third-order valence-electron chi connectivity index (χ3n) is 4.42. The second kappa shape index (κ2) is 7.00. The van der Waals surface area contributed by atoms with Gasteiger partial charge in [-0.25, -0.2) is 9.59 Å². The van der Waals surface area contributed by atoms with E-state index in [-0.39, 0.29) is 5.91 Å². The molecule has 1 saturated heterocycles. The molecule has 1 aliphatic rings. The van der Waals surface area contributed by atoms with Crippen molar-refractivity contribution in [3.63, 3.8) is 0 Å². The maximum atomic E-state index is 12.2. The van der Waals surface area contributed by atoms with Crippen LogP contribution in [-0.4, -0.2) is 23.4 Å². The smallest absolute Gasteiger partial charge is 0.343 e. The first-order valence-electron chi connectivity index (χ1n) is 8.37. The van der Waals surface area contributed by atoms with Crippen molar-refractivity contribution in [3.8, 4) is 5.75 Å². The maximum absolute atomic E-state index is 12.2. The number of hydrogen-bond donors (Lipinski definition) is 2. The molecular weight excluding hydrogens is 332 g/mol. The molecule has 0 unspecified atom stereocenters. The van der Waals surface area contributed by atoms with E-state index in [4.69, 9.17) is 4.74 Å². The standard InChI is InChI=1S/C20H20N2O4/c1-13-4-3-5-15(12-13)17(23)26-16-8-6-14(7-9-16)10-11-20(2)18(24)21-19(25)22-20/h3-9,12H,10-11H2,1-2H3,(H2,21,22,24,25)/t20-/m0/s1. The van der Waals surface area contributed by atoms with Gasteiger partial charge in [-0.15, -0.1) is 0 Å². The number of esters is 1. The number of hydrogen-bond acceptors (Lipinski definition) is 4. The summed E-state index contributed by atoms with van der Waals surface area (Å²) < 4.78 is 5.38. The molecule has 0 bridgehead atoms. The quantitative estimate of drug-likeness (QED) is 0.492. The molecule has 134 valence electrons. The van der Waals surface area contributed by atoms with E-state index in [9.17, 15) is 14.4 Å². The van der Waals surface area contributed by atoms with Crippen LogP contribution in [0.15, 0.2) is 48.5 Å². The van der Waals surface area contributed by atoms with Crippen LogP contribution in [0.25, 0.3) is 0 Å². The molecule has 6 heteroatoms. The summed E-state index contributed by atoms with van der Waals surface area (Å²) in [5, 5.41) is 4.89. The molecule has 2 aromatic rings. The van der Waals surface area contributed by atoms with Gasteiger partial charge < -0.3 is 10.1 Å². The fraction of sp³-hybridized carbons (Fsp3) is 0.250. The highest BCUT2D eigenvalue weighted by Crippen LogP contribution is 2.20. The van der Waals surface area contributed by atoms with Gasteiger partial charge in [0.2, 0.25) is 0 Å². The number of ether oxygens (including phenoxy) is 1. The topological polar surface area (TPSA) is 84.5 Å². The molecule has 0 radical (unpaired) electrons. The minimum Gasteiger partial charge on any atom is -0.423 e. The van der Waals surface area contributed by atoms with Gasteiger partial charge in [-0.3, -0.25) is 10.1 Å². The van der Waals surface area contributed by atoms with Crippen LogP contribution >= 0.6 is 0 Å². The van der Waals surface area contributed by atoms with Crippen molar-refractivity contribution < 1.29 is 19.1 Å². The average Bonchev–Trinajstić information content (AvgIpc) is 2.86. The molecule has 1 heterocycles. The lowest BCUT2D eigenvalue weighted by Crippen LogP contribution is -2.43. The number of carbonyl (C=O) groups excluding carboxylic acids is 3. The van der Waals surface area contributed by atoms with E-state index in [1.54, 1.807) is 31.2 Å². The predicted octanol–water partition coefficient (Wildman–Crippen LogP) is 2.74. The molecule has 1 aliphatic heterocycles. The summed E-state index contributed by atoms with van der Waals surface area (Å²) in [5.74, 6) is -0.260. The van der Waals surface area contributed by atoms with Crippen molar-refractivity contribution in [2.45, 2.75) is 32.2 Å². The molecule has 26 heavy (non-hydrogen) atoms. The second-order valence-electron chi connectivity index (χ2n) is 6.64. The van der Waals surface area contributed by atoms with Crippen molar-refractivity contribution in [3.05, 3.63) is 65.2 Å². The highest BCUT2D eigenvalue weighted by atomic mass is 16.5. The summed E-state index contributed by atoms with van der Waals surface area (Å²) in [4.78, 5) is 35.2. The maximum Gasteiger partial charge on any atom is 0.343 e. The average molecular weight is 352 g/mol. The molecular formula is C20H20N2O4. The monoisotopic (exact) mass is 352 g/mol. The Balaban J connectivity index is 1.59. The number of rotatable bonds is 5. The van der Waals surface area contributed by atoms with Crippen LogP contribution in [0.4, 0.5) is 4.79 Å². The summed E-state index contributed by atoms with van der Waals surface area (Å²) in [6.07, 6.45) is 1.09. The summed E-state index contributed by atoms with van der Waals surface area (Å²) in [6, 6.07) is 13.9. The minimum absolute atomic E-state index is 0.314. The van der Waals surface area contributed by atoms with Gasteiger partial charge in [-0.1, -0.05) is 29.8 Å². The van der Waals surface area contributed by atoms with Crippen LogP contribution in [-0.2, 0) is 11.2 Å². The first-order chi connectivity index (χ1) is 12.4. The van der Waals surface area contributed by atoms with Crippen LogP contribution in [0.5, 0.6) is 5.75 Å². The molecule has 0 aromatic heterocycles. The van der Waals surface area contributed by atoms with E-state index in [1.165, 1.54) is 0 Å².